The van der Waals surface area contributed by atoms with Crippen molar-refractivity contribution < 1.29 is 14.3 Å². The van der Waals surface area contributed by atoms with Crippen molar-refractivity contribution in [2.45, 2.75) is 206 Å². The van der Waals surface area contributed by atoms with Gasteiger partial charge in [-0.05, 0) is 78.3 Å². The SMILES string of the molecule is CCCCCCCC/C=C\CCCCCCCCOCC(CC(=O)CN(C)C)OCCCCCCCC/C=C\CCCCCCCC. The largest absolute Gasteiger partial charge is 0.379 e. The number of rotatable bonds is 39. The molecule has 0 bridgehead atoms. The number of unbranched alkanes of at least 4 members (excludes halogenated alkanes) is 24. The van der Waals surface area contributed by atoms with Gasteiger partial charge in [0.2, 0.25) is 0 Å². The van der Waals surface area contributed by atoms with Gasteiger partial charge >= 0.3 is 0 Å². The Labute approximate surface area is 295 Å². The van der Waals surface area contributed by atoms with Crippen LogP contribution < -0.4 is 0 Å². The van der Waals surface area contributed by atoms with Crippen LogP contribution in [0.4, 0.5) is 0 Å². The topological polar surface area (TPSA) is 38.8 Å². The molecule has 1 atom stereocenters. The summed E-state index contributed by atoms with van der Waals surface area (Å²) in [4.78, 5) is 14.4. The number of hydrogen-bond acceptors (Lipinski definition) is 4. The Morgan fingerprint density at radius 1 is 0.511 bits per heavy atom. The summed E-state index contributed by atoms with van der Waals surface area (Å²) in [5.41, 5.74) is 0. The van der Waals surface area contributed by atoms with E-state index >= 15 is 0 Å². The lowest BCUT2D eigenvalue weighted by molar-refractivity contribution is -0.124. The predicted molar refractivity (Wildman–Crippen MR) is 208 cm³/mol. The van der Waals surface area contributed by atoms with Gasteiger partial charge in [0.25, 0.3) is 0 Å². The molecular formula is C43H83NO3. The Balaban J connectivity index is 3.78. The summed E-state index contributed by atoms with van der Waals surface area (Å²) >= 11 is 0. The average molecular weight is 662 g/mol. The third-order valence-electron chi connectivity index (χ3n) is 9.06. The van der Waals surface area contributed by atoms with Crippen LogP contribution in [0.25, 0.3) is 0 Å². The third-order valence-corrected chi connectivity index (χ3v) is 9.06. The van der Waals surface area contributed by atoms with Crippen molar-refractivity contribution >= 4 is 5.78 Å². The maximum atomic E-state index is 12.5. The highest BCUT2D eigenvalue weighted by Gasteiger charge is 2.15. The molecule has 0 aliphatic heterocycles. The van der Waals surface area contributed by atoms with E-state index in [0.717, 1.165) is 26.1 Å². The van der Waals surface area contributed by atoms with E-state index in [4.69, 9.17) is 9.47 Å². The highest BCUT2D eigenvalue weighted by atomic mass is 16.5. The van der Waals surface area contributed by atoms with Gasteiger partial charge in [-0.1, -0.05) is 154 Å². The molecule has 47 heavy (non-hydrogen) atoms. The molecule has 0 amide bonds. The molecule has 0 saturated carbocycles. The van der Waals surface area contributed by atoms with Crippen LogP contribution in [-0.4, -0.2) is 57.2 Å². The fourth-order valence-corrected chi connectivity index (χ4v) is 6.10. The van der Waals surface area contributed by atoms with Crippen molar-refractivity contribution in [3.05, 3.63) is 24.3 Å². The molecule has 4 nitrogen and oxygen atoms in total. The highest BCUT2D eigenvalue weighted by molar-refractivity contribution is 5.80. The Morgan fingerprint density at radius 2 is 0.872 bits per heavy atom. The molecule has 0 fully saturated rings. The summed E-state index contributed by atoms with van der Waals surface area (Å²) in [7, 11) is 3.90. The number of carbonyl (C=O) groups excluding carboxylic acids is 1. The Morgan fingerprint density at radius 3 is 1.28 bits per heavy atom. The predicted octanol–water partition coefficient (Wildman–Crippen LogP) is 13.0. The normalized spacial score (nSPS) is 12.7. The van der Waals surface area contributed by atoms with Crippen molar-refractivity contribution in [3.63, 3.8) is 0 Å². The second kappa shape index (κ2) is 39.5. The van der Waals surface area contributed by atoms with Gasteiger partial charge in [0.05, 0.1) is 19.3 Å². The second-order valence-electron chi connectivity index (χ2n) is 14.4. The van der Waals surface area contributed by atoms with Crippen LogP contribution in [-0.2, 0) is 14.3 Å². The van der Waals surface area contributed by atoms with E-state index in [1.165, 1.54) is 167 Å². The molecule has 4 heteroatoms. The molecule has 0 aromatic carbocycles. The van der Waals surface area contributed by atoms with Gasteiger partial charge in [0.15, 0.2) is 0 Å². The van der Waals surface area contributed by atoms with Crippen LogP contribution in [0.1, 0.15) is 200 Å². The maximum absolute atomic E-state index is 12.5. The number of hydrogen-bond donors (Lipinski definition) is 0. The van der Waals surface area contributed by atoms with Crippen molar-refractivity contribution in [1.29, 1.82) is 0 Å². The van der Waals surface area contributed by atoms with E-state index in [9.17, 15) is 4.79 Å². The number of allylic oxidation sites excluding steroid dienone is 4. The van der Waals surface area contributed by atoms with E-state index < -0.39 is 0 Å². The minimum atomic E-state index is -0.111. The van der Waals surface area contributed by atoms with Crippen molar-refractivity contribution in [1.82, 2.24) is 4.90 Å². The van der Waals surface area contributed by atoms with E-state index in [1.807, 2.05) is 19.0 Å². The number of carbonyl (C=O) groups is 1. The summed E-state index contributed by atoms with van der Waals surface area (Å²) in [6.45, 7) is 7.09. The third kappa shape index (κ3) is 39.4. The average Bonchev–Trinajstić information content (AvgIpc) is 3.05. The zero-order chi connectivity index (χ0) is 34.3. The van der Waals surface area contributed by atoms with Crippen LogP contribution in [0.2, 0.25) is 0 Å². The lowest BCUT2D eigenvalue weighted by Gasteiger charge is -2.19. The van der Waals surface area contributed by atoms with Crippen LogP contribution in [0.3, 0.4) is 0 Å². The quantitative estimate of drug-likeness (QED) is 0.0485. The van der Waals surface area contributed by atoms with Gasteiger partial charge in [-0.25, -0.2) is 0 Å². The maximum Gasteiger partial charge on any atom is 0.149 e. The molecule has 0 N–H and O–H groups in total. The van der Waals surface area contributed by atoms with Crippen LogP contribution in [0.15, 0.2) is 24.3 Å². The lowest BCUT2D eigenvalue weighted by Crippen LogP contribution is -2.29. The van der Waals surface area contributed by atoms with Gasteiger partial charge < -0.3 is 14.4 Å². The minimum absolute atomic E-state index is 0.111. The number of ether oxygens (including phenoxy) is 2. The summed E-state index contributed by atoms with van der Waals surface area (Å²) in [5, 5.41) is 0. The fourth-order valence-electron chi connectivity index (χ4n) is 6.10. The summed E-state index contributed by atoms with van der Waals surface area (Å²) in [6.07, 6.45) is 46.7. The van der Waals surface area contributed by atoms with E-state index in [0.29, 0.717) is 19.6 Å². The molecule has 0 aromatic rings. The Hall–Kier alpha value is -0.970. The van der Waals surface area contributed by atoms with Crippen LogP contribution in [0, 0.1) is 0 Å². The standard InChI is InChI=1S/C43H83NO3/c1-5-7-9-11-13-15-17-19-21-23-25-27-29-31-33-35-37-46-41-43(39-42(45)40-44(3)4)47-38-36-34-32-30-28-26-24-22-20-18-16-14-12-10-8-6-2/h19-22,43H,5-18,23-41H2,1-4H3/b21-19-,22-20-. The molecule has 0 radical (unpaired) electrons. The second-order valence-corrected chi connectivity index (χ2v) is 14.4. The summed E-state index contributed by atoms with van der Waals surface area (Å²) in [5.74, 6) is 0.238. The fraction of sp³-hybridized carbons (Fsp3) is 0.884. The molecule has 0 heterocycles. The van der Waals surface area contributed by atoms with E-state index in [-0.39, 0.29) is 11.9 Å². The van der Waals surface area contributed by atoms with Crippen LogP contribution >= 0.6 is 0 Å². The first-order valence-corrected chi connectivity index (χ1v) is 20.8. The van der Waals surface area contributed by atoms with Gasteiger partial charge in [0, 0.05) is 19.6 Å². The number of nitrogens with zero attached hydrogens (tertiary/aromatic N) is 1. The Kier molecular flexibility index (Phi) is 38.7. The molecule has 0 aliphatic carbocycles. The molecule has 278 valence electrons. The van der Waals surface area contributed by atoms with Crippen molar-refractivity contribution in [3.8, 4) is 0 Å². The van der Waals surface area contributed by atoms with Crippen molar-refractivity contribution in [2.24, 2.45) is 0 Å². The first kappa shape index (κ1) is 46.0. The number of Topliss-reactive ketones (excluding diaryl/α,β-unsaturated/α-hetero) is 1. The number of ketones is 1. The first-order valence-electron chi connectivity index (χ1n) is 20.8. The molecule has 1 unspecified atom stereocenters. The zero-order valence-corrected chi connectivity index (χ0v) is 32.4. The van der Waals surface area contributed by atoms with Gasteiger partial charge in [-0.2, -0.15) is 0 Å². The van der Waals surface area contributed by atoms with E-state index in [1.54, 1.807) is 0 Å². The van der Waals surface area contributed by atoms with Gasteiger partial charge in [-0.3, -0.25) is 4.79 Å². The monoisotopic (exact) mass is 662 g/mol. The first-order chi connectivity index (χ1) is 23.1. The molecule has 0 spiro atoms. The van der Waals surface area contributed by atoms with Gasteiger partial charge in [-0.15, -0.1) is 0 Å². The van der Waals surface area contributed by atoms with Crippen LogP contribution in [0.5, 0.6) is 0 Å². The number of likely N-dealkylation sites (N-methyl/N-ethyl adjacent to an activating group) is 1. The molecule has 0 aliphatic rings. The lowest BCUT2D eigenvalue weighted by atomic mass is 10.1. The summed E-state index contributed by atoms with van der Waals surface area (Å²) in [6, 6.07) is 0. The summed E-state index contributed by atoms with van der Waals surface area (Å²) < 4.78 is 12.2. The smallest absolute Gasteiger partial charge is 0.149 e. The minimum Gasteiger partial charge on any atom is -0.379 e. The Bertz CT molecular complexity index is 674. The van der Waals surface area contributed by atoms with Crippen molar-refractivity contribution in [2.75, 3.05) is 40.5 Å². The highest BCUT2D eigenvalue weighted by Crippen LogP contribution is 2.13. The molecule has 0 rings (SSSR count). The molecule has 0 aromatic heterocycles. The zero-order valence-electron chi connectivity index (χ0n) is 32.4. The molecule has 0 saturated heterocycles. The van der Waals surface area contributed by atoms with Gasteiger partial charge in [0.1, 0.15) is 5.78 Å². The molecular weight excluding hydrogens is 578 g/mol. The van der Waals surface area contributed by atoms with E-state index in [2.05, 4.69) is 38.2 Å².